The smallest absolute Gasteiger partial charge is 0.111 e. The van der Waals surface area contributed by atoms with Gasteiger partial charge >= 0.3 is 0 Å². The van der Waals surface area contributed by atoms with E-state index in [1.54, 1.807) is 0 Å². The van der Waals surface area contributed by atoms with Crippen molar-refractivity contribution in [2.75, 3.05) is 0 Å². The van der Waals surface area contributed by atoms with Crippen LogP contribution < -0.4 is 0 Å². The quantitative estimate of drug-likeness (QED) is 0.599. The first-order valence-corrected chi connectivity index (χ1v) is 5.39. The first-order valence-electron chi connectivity index (χ1n) is 5.39. The van der Waals surface area contributed by atoms with Gasteiger partial charge in [0.1, 0.15) is 5.67 Å². The second kappa shape index (κ2) is 4.25. The summed E-state index contributed by atoms with van der Waals surface area (Å²) in [5, 5.41) is 0. The minimum Gasteiger partial charge on any atom is -0.244 e. The number of hydrogen-bond acceptors (Lipinski definition) is 0. The van der Waals surface area contributed by atoms with Crippen molar-refractivity contribution in [2.45, 2.75) is 64.5 Å². The number of hydrogen-bond donors (Lipinski definition) is 0. The van der Waals surface area contributed by atoms with Gasteiger partial charge in [-0.15, -0.1) is 0 Å². The van der Waals surface area contributed by atoms with Crippen molar-refractivity contribution in [3.8, 4) is 0 Å². The van der Waals surface area contributed by atoms with E-state index in [-0.39, 0.29) is 0 Å². The molecule has 0 saturated heterocycles. The lowest BCUT2D eigenvalue weighted by Gasteiger charge is -2.18. The third kappa shape index (κ3) is 2.46. The Balaban J connectivity index is 2.32. The summed E-state index contributed by atoms with van der Waals surface area (Å²) in [6.45, 7) is 4.27. The van der Waals surface area contributed by atoms with Crippen molar-refractivity contribution in [2.24, 2.45) is 5.92 Å². The Morgan fingerprint density at radius 1 is 1.33 bits per heavy atom. The Kier molecular flexibility index (Phi) is 3.54. The average molecular weight is 172 g/mol. The van der Waals surface area contributed by atoms with Gasteiger partial charge in [0.05, 0.1) is 0 Å². The summed E-state index contributed by atoms with van der Waals surface area (Å²) < 4.78 is 13.9. The van der Waals surface area contributed by atoms with Crippen LogP contribution in [-0.4, -0.2) is 5.67 Å². The Morgan fingerprint density at radius 3 is 2.67 bits per heavy atom. The maximum absolute atomic E-state index is 13.9. The molecule has 1 heteroatoms. The highest BCUT2D eigenvalue weighted by Crippen LogP contribution is 2.42. The van der Waals surface area contributed by atoms with Crippen LogP contribution in [0.4, 0.5) is 4.39 Å². The molecular weight excluding hydrogens is 151 g/mol. The predicted molar refractivity (Wildman–Crippen MR) is 51.0 cm³/mol. The number of halogens is 1. The molecule has 0 heterocycles. The van der Waals surface area contributed by atoms with Crippen molar-refractivity contribution >= 4 is 0 Å². The van der Waals surface area contributed by atoms with E-state index in [9.17, 15) is 4.39 Å². The fourth-order valence-corrected chi connectivity index (χ4v) is 2.51. The highest BCUT2D eigenvalue weighted by atomic mass is 19.1. The van der Waals surface area contributed by atoms with E-state index in [0.717, 1.165) is 32.1 Å². The van der Waals surface area contributed by atoms with Crippen molar-refractivity contribution in [3.63, 3.8) is 0 Å². The molecule has 0 aliphatic heterocycles. The number of alkyl halides is 1. The summed E-state index contributed by atoms with van der Waals surface area (Å²) in [4.78, 5) is 0. The van der Waals surface area contributed by atoms with Gasteiger partial charge in [-0.25, -0.2) is 4.39 Å². The molecule has 1 aliphatic carbocycles. The molecule has 0 amide bonds. The average Bonchev–Trinajstić information content (AvgIpc) is 2.34. The monoisotopic (exact) mass is 172 g/mol. The lowest BCUT2D eigenvalue weighted by atomic mass is 9.95. The second-order valence-electron chi connectivity index (χ2n) is 4.30. The molecule has 0 aromatic heterocycles. The Bertz CT molecular complexity index is 133. The van der Waals surface area contributed by atoms with Crippen molar-refractivity contribution in [3.05, 3.63) is 0 Å². The van der Waals surface area contributed by atoms with Crippen LogP contribution in [0.5, 0.6) is 0 Å². The molecule has 1 aliphatic rings. The molecule has 1 saturated carbocycles. The summed E-state index contributed by atoms with van der Waals surface area (Å²) >= 11 is 0. The van der Waals surface area contributed by atoms with E-state index in [1.165, 1.54) is 12.8 Å². The van der Waals surface area contributed by atoms with Crippen molar-refractivity contribution in [1.82, 2.24) is 0 Å². The normalized spacial score (nSPS) is 35.8. The zero-order valence-corrected chi connectivity index (χ0v) is 8.41. The number of rotatable bonds is 4. The SMILES string of the molecule is CCCC1CCC(F)(CCC)C1. The molecule has 72 valence electrons. The Labute approximate surface area is 75.5 Å². The molecular formula is C11H21F. The molecule has 2 atom stereocenters. The van der Waals surface area contributed by atoms with E-state index < -0.39 is 5.67 Å². The third-order valence-corrected chi connectivity index (χ3v) is 3.05. The zero-order valence-electron chi connectivity index (χ0n) is 8.41. The van der Waals surface area contributed by atoms with Crippen LogP contribution in [0.1, 0.15) is 58.8 Å². The van der Waals surface area contributed by atoms with E-state index in [2.05, 4.69) is 13.8 Å². The zero-order chi connectivity index (χ0) is 9.03. The van der Waals surface area contributed by atoms with Crippen LogP contribution in [-0.2, 0) is 0 Å². The van der Waals surface area contributed by atoms with Gasteiger partial charge in [0.2, 0.25) is 0 Å². The maximum atomic E-state index is 13.9. The second-order valence-corrected chi connectivity index (χ2v) is 4.30. The first kappa shape index (κ1) is 10.0. The van der Waals surface area contributed by atoms with Gasteiger partial charge in [-0.1, -0.05) is 33.1 Å². The molecule has 1 rings (SSSR count). The van der Waals surface area contributed by atoms with Gasteiger partial charge in [0.15, 0.2) is 0 Å². The van der Waals surface area contributed by atoms with Crippen LogP contribution in [0.3, 0.4) is 0 Å². The Hall–Kier alpha value is -0.0700. The minimum absolute atomic E-state index is 0.687. The standard InChI is InChI=1S/C11H21F/c1-3-5-10-6-8-11(12,9-10)7-4-2/h10H,3-9H2,1-2H3. The molecule has 0 nitrogen and oxygen atoms in total. The van der Waals surface area contributed by atoms with Crippen LogP contribution >= 0.6 is 0 Å². The van der Waals surface area contributed by atoms with E-state index in [4.69, 9.17) is 0 Å². The summed E-state index contributed by atoms with van der Waals surface area (Å²) in [6, 6.07) is 0. The minimum atomic E-state index is -0.783. The van der Waals surface area contributed by atoms with Crippen molar-refractivity contribution < 1.29 is 4.39 Å². The Morgan fingerprint density at radius 2 is 2.08 bits per heavy atom. The van der Waals surface area contributed by atoms with Crippen LogP contribution in [0.25, 0.3) is 0 Å². The largest absolute Gasteiger partial charge is 0.244 e. The van der Waals surface area contributed by atoms with E-state index in [1.807, 2.05) is 0 Å². The van der Waals surface area contributed by atoms with Gasteiger partial charge in [-0.05, 0) is 31.6 Å². The molecule has 0 N–H and O–H groups in total. The molecule has 2 unspecified atom stereocenters. The molecule has 12 heavy (non-hydrogen) atoms. The lowest BCUT2D eigenvalue weighted by Crippen LogP contribution is -2.17. The van der Waals surface area contributed by atoms with Crippen LogP contribution in [0, 0.1) is 5.92 Å². The van der Waals surface area contributed by atoms with E-state index in [0.29, 0.717) is 5.92 Å². The highest BCUT2D eigenvalue weighted by molar-refractivity contribution is 4.88. The van der Waals surface area contributed by atoms with Gasteiger partial charge in [-0.3, -0.25) is 0 Å². The third-order valence-electron chi connectivity index (χ3n) is 3.05. The predicted octanol–water partition coefficient (Wildman–Crippen LogP) is 4.10. The van der Waals surface area contributed by atoms with Crippen LogP contribution in [0.2, 0.25) is 0 Å². The van der Waals surface area contributed by atoms with Crippen LogP contribution in [0.15, 0.2) is 0 Å². The molecule has 0 radical (unpaired) electrons. The molecule has 0 spiro atoms. The molecule has 0 aromatic carbocycles. The van der Waals surface area contributed by atoms with Gasteiger partial charge in [-0.2, -0.15) is 0 Å². The first-order chi connectivity index (χ1) is 5.70. The summed E-state index contributed by atoms with van der Waals surface area (Å²) in [6.07, 6.45) is 7.02. The van der Waals surface area contributed by atoms with E-state index >= 15 is 0 Å². The topological polar surface area (TPSA) is 0 Å². The fourth-order valence-electron chi connectivity index (χ4n) is 2.51. The fraction of sp³-hybridized carbons (Fsp3) is 1.00. The summed E-state index contributed by atoms with van der Waals surface area (Å²) in [5.74, 6) is 0.687. The lowest BCUT2D eigenvalue weighted by molar-refractivity contribution is 0.150. The highest BCUT2D eigenvalue weighted by Gasteiger charge is 2.37. The molecule has 0 bridgehead atoms. The van der Waals surface area contributed by atoms with Gasteiger partial charge in [0, 0.05) is 0 Å². The van der Waals surface area contributed by atoms with Gasteiger partial charge < -0.3 is 0 Å². The maximum Gasteiger partial charge on any atom is 0.111 e. The molecule has 0 aromatic rings. The molecule has 1 fully saturated rings. The summed E-state index contributed by atoms with van der Waals surface area (Å²) in [7, 11) is 0. The van der Waals surface area contributed by atoms with Gasteiger partial charge in [0.25, 0.3) is 0 Å². The summed E-state index contributed by atoms with van der Waals surface area (Å²) in [5.41, 5.74) is -0.783. The van der Waals surface area contributed by atoms with Crippen molar-refractivity contribution in [1.29, 1.82) is 0 Å².